The Labute approximate surface area is 94.4 Å². The van der Waals surface area contributed by atoms with Crippen molar-refractivity contribution in [1.82, 2.24) is 0 Å². The molecular weight excluding hydrogens is 198 g/mol. The van der Waals surface area contributed by atoms with Crippen molar-refractivity contribution in [3.8, 4) is 29.2 Å². The molecule has 0 atom stereocenters. The second-order valence-electron chi connectivity index (χ2n) is 3.46. The first kappa shape index (κ1) is 10.1. The molecule has 2 aliphatic rings. The van der Waals surface area contributed by atoms with E-state index in [2.05, 4.69) is 30.2 Å². The maximum atomic E-state index is 9.01. The van der Waals surface area contributed by atoms with Crippen molar-refractivity contribution in [2.75, 3.05) is 5.73 Å². The first-order valence-corrected chi connectivity index (χ1v) is 4.87. The number of nitrogens with two attached hydrogens (primary N) is 1. The molecule has 0 amide bonds. The first-order valence-electron chi connectivity index (χ1n) is 4.87. The highest BCUT2D eigenvalue weighted by atomic mass is 16.3. The molecule has 1 aromatic carbocycles. The van der Waals surface area contributed by atoms with Gasteiger partial charge in [0.15, 0.2) is 0 Å². The fourth-order valence-corrected chi connectivity index (χ4v) is 1.34. The molecule has 2 aliphatic carbocycles. The van der Waals surface area contributed by atoms with Crippen molar-refractivity contribution in [3.63, 3.8) is 0 Å². The lowest BCUT2D eigenvalue weighted by Gasteiger charge is -2.10. The number of phenolic OH excluding ortho intramolecular Hbond substituents is 1. The topological polar surface area (TPSA) is 46.2 Å². The van der Waals surface area contributed by atoms with Crippen LogP contribution in [0, 0.1) is 12.3 Å². The molecule has 0 aromatic heterocycles. The van der Waals surface area contributed by atoms with Gasteiger partial charge in [0.1, 0.15) is 5.75 Å². The van der Waals surface area contributed by atoms with Gasteiger partial charge in [0.2, 0.25) is 0 Å². The second kappa shape index (κ2) is 4.00. The van der Waals surface area contributed by atoms with E-state index in [1.807, 2.05) is 0 Å². The van der Waals surface area contributed by atoms with E-state index in [1.54, 1.807) is 12.1 Å². The van der Waals surface area contributed by atoms with Crippen molar-refractivity contribution in [1.29, 1.82) is 0 Å². The maximum Gasteiger partial charge on any atom is 0.139 e. The molecule has 0 bridgehead atoms. The van der Waals surface area contributed by atoms with E-state index in [0.717, 1.165) is 0 Å². The minimum Gasteiger partial charge on any atom is -0.506 e. The number of para-hydroxylation sites is 1. The van der Waals surface area contributed by atoms with Crippen LogP contribution in [0.5, 0.6) is 5.75 Å². The minimum absolute atomic E-state index is 0.0375. The van der Waals surface area contributed by atoms with Gasteiger partial charge in [0.25, 0.3) is 0 Å². The molecule has 0 saturated heterocycles. The quantitative estimate of drug-likeness (QED) is 0.339. The molecule has 3 N–H and O–H groups in total. The molecule has 78 valence electrons. The molecule has 0 saturated carbocycles. The highest BCUT2D eigenvalue weighted by molar-refractivity contribution is 5.75. The van der Waals surface area contributed by atoms with Crippen LogP contribution in [-0.4, -0.2) is 5.11 Å². The Bertz CT molecular complexity index is 529. The Morgan fingerprint density at radius 2 is 1.56 bits per heavy atom. The summed E-state index contributed by atoms with van der Waals surface area (Å²) in [5, 5.41) is 9.01. The van der Waals surface area contributed by atoms with Gasteiger partial charge in [0.05, 0.1) is 11.3 Å². The summed E-state index contributed by atoms with van der Waals surface area (Å²) in [7, 11) is 0. The van der Waals surface area contributed by atoms with Gasteiger partial charge in [-0.15, -0.1) is 6.42 Å². The lowest BCUT2D eigenvalue weighted by atomic mass is 9.95. The number of phenols is 1. The zero-order valence-electron chi connectivity index (χ0n) is 8.64. The van der Waals surface area contributed by atoms with Crippen molar-refractivity contribution in [3.05, 3.63) is 48.0 Å². The van der Waals surface area contributed by atoms with Crippen LogP contribution in [0.3, 0.4) is 0 Å². The number of anilines is 1. The van der Waals surface area contributed by atoms with E-state index < -0.39 is 0 Å². The van der Waals surface area contributed by atoms with E-state index in [4.69, 9.17) is 17.3 Å². The van der Waals surface area contributed by atoms with Gasteiger partial charge in [-0.3, -0.25) is 0 Å². The highest BCUT2D eigenvalue weighted by Gasteiger charge is 2.04. The fourth-order valence-electron chi connectivity index (χ4n) is 1.34. The number of terminal acetylenes is 1. The molecule has 0 fully saturated rings. The molecule has 0 radical (unpaired) electrons. The van der Waals surface area contributed by atoms with E-state index in [-0.39, 0.29) is 11.4 Å². The number of benzene rings is 2. The number of hydrogen-bond acceptors (Lipinski definition) is 2. The zero-order chi connectivity index (χ0) is 11.5. The number of nitrogen functional groups attached to an aromatic ring is 1. The van der Waals surface area contributed by atoms with Crippen LogP contribution in [0.1, 0.15) is 5.56 Å². The highest BCUT2D eigenvalue weighted by Crippen LogP contribution is 2.29. The Morgan fingerprint density at radius 3 is 1.88 bits per heavy atom. The van der Waals surface area contributed by atoms with Crippen molar-refractivity contribution >= 4 is 5.69 Å². The summed E-state index contributed by atoms with van der Waals surface area (Å²) in [5.41, 5.74) is 9.05. The summed E-state index contributed by atoms with van der Waals surface area (Å²) in [6.07, 6.45) is 5.08. The average molecular weight is 209 g/mol. The lowest BCUT2D eigenvalue weighted by Crippen LogP contribution is -1.89. The van der Waals surface area contributed by atoms with Crippen LogP contribution in [0.15, 0.2) is 42.5 Å². The Hall–Kier alpha value is -2.40. The SMILES string of the molecule is C#Cc1cccc(O)c1N.c1cc2ccc1-2. The third kappa shape index (κ3) is 1.71. The van der Waals surface area contributed by atoms with E-state index in [1.165, 1.54) is 17.2 Å². The van der Waals surface area contributed by atoms with Crippen molar-refractivity contribution in [2.24, 2.45) is 0 Å². The standard InChI is InChI=1S/C8H7NO.C6H4/c1-2-6-4-3-5-7(10)8(6)9;1-2-6-4-3-5(1)6/h1,3-5,10H,9H2;1-4H. The van der Waals surface area contributed by atoms with E-state index >= 15 is 0 Å². The lowest BCUT2D eigenvalue weighted by molar-refractivity contribution is 0.478. The Balaban J connectivity index is 0.000000134. The summed E-state index contributed by atoms with van der Waals surface area (Å²) < 4.78 is 0. The van der Waals surface area contributed by atoms with Crippen LogP contribution in [0.4, 0.5) is 5.69 Å². The fraction of sp³-hybridized carbons (Fsp3) is 0. The number of rotatable bonds is 0. The van der Waals surface area contributed by atoms with Crippen LogP contribution in [-0.2, 0) is 0 Å². The van der Waals surface area contributed by atoms with Gasteiger partial charge in [0, 0.05) is 0 Å². The summed E-state index contributed by atoms with van der Waals surface area (Å²) >= 11 is 0. The summed E-state index contributed by atoms with van der Waals surface area (Å²) in [4.78, 5) is 0. The molecule has 16 heavy (non-hydrogen) atoms. The van der Waals surface area contributed by atoms with Gasteiger partial charge >= 0.3 is 0 Å². The molecule has 0 unspecified atom stereocenters. The monoisotopic (exact) mass is 209 g/mol. The summed E-state index contributed by atoms with van der Waals surface area (Å²) in [6, 6.07) is 13.3. The van der Waals surface area contributed by atoms with Crippen LogP contribution in [0.25, 0.3) is 11.1 Å². The predicted octanol–water partition coefficient (Wildman–Crippen LogP) is 2.62. The molecule has 3 rings (SSSR count). The van der Waals surface area contributed by atoms with Gasteiger partial charge < -0.3 is 10.8 Å². The maximum absolute atomic E-state index is 9.01. The van der Waals surface area contributed by atoms with Gasteiger partial charge in [-0.25, -0.2) is 0 Å². The molecule has 0 spiro atoms. The largest absolute Gasteiger partial charge is 0.506 e. The second-order valence-corrected chi connectivity index (χ2v) is 3.46. The third-order valence-electron chi connectivity index (χ3n) is 2.46. The Kier molecular flexibility index (Phi) is 2.53. The predicted molar refractivity (Wildman–Crippen MR) is 65.9 cm³/mol. The average Bonchev–Trinajstić information content (AvgIpc) is 2.28. The normalized spacial score (nSPS) is 9.69. The summed E-state index contributed by atoms with van der Waals surface area (Å²) in [5.74, 6) is 2.39. The number of fused-ring (bicyclic) bond motifs is 1. The number of aromatic hydroxyl groups is 1. The first-order chi connectivity index (χ1) is 7.72. The van der Waals surface area contributed by atoms with E-state index in [9.17, 15) is 0 Å². The molecular formula is C14H11NO. The van der Waals surface area contributed by atoms with Crippen LogP contribution < -0.4 is 5.73 Å². The molecule has 0 aliphatic heterocycles. The molecule has 0 heterocycles. The van der Waals surface area contributed by atoms with Crippen LogP contribution >= 0.6 is 0 Å². The minimum atomic E-state index is 0.0375. The van der Waals surface area contributed by atoms with Crippen molar-refractivity contribution in [2.45, 2.75) is 0 Å². The van der Waals surface area contributed by atoms with Crippen molar-refractivity contribution < 1.29 is 5.11 Å². The van der Waals surface area contributed by atoms with Gasteiger partial charge in [-0.2, -0.15) is 0 Å². The molecule has 2 heteroatoms. The smallest absolute Gasteiger partial charge is 0.139 e. The molecule has 2 nitrogen and oxygen atoms in total. The zero-order valence-corrected chi connectivity index (χ0v) is 8.64. The van der Waals surface area contributed by atoms with Crippen LogP contribution in [0.2, 0.25) is 0 Å². The Morgan fingerprint density at radius 1 is 1.00 bits per heavy atom. The summed E-state index contributed by atoms with van der Waals surface area (Å²) in [6.45, 7) is 0. The molecule has 1 aromatic rings. The van der Waals surface area contributed by atoms with Gasteiger partial charge in [-0.05, 0) is 23.3 Å². The van der Waals surface area contributed by atoms with E-state index in [0.29, 0.717) is 5.56 Å². The third-order valence-corrected chi connectivity index (χ3v) is 2.46. The van der Waals surface area contributed by atoms with Gasteiger partial charge in [-0.1, -0.05) is 36.3 Å². The number of hydrogen-bond donors (Lipinski definition) is 2.